The molecule has 3 nitrogen and oxygen atoms in total. The summed E-state index contributed by atoms with van der Waals surface area (Å²) < 4.78 is 10.8. The second kappa shape index (κ2) is 6.09. The van der Waals surface area contributed by atoms with Crippen LogP contribution in [-0.4, -0.2) is 12.6 Å². The van der Waals surface area contributed by atoms with E-state index in [1.165, 1.54) is 0 Å². The van der Waals surface area contributed by atoms with E-state index in [0.717, 1.165) is 10.8 Å². The van der Waals surface area contributed by atoms with Crippen molar-refractivity contribution in [2.45, 2.75) is 0 Å². The van der Waals surface area contributed by atoms with Crippen LogP contribution in [-0.2, 0) is 4.79 Å². The third kappa shape index (κ3) is 3.20. The summed E-state index contributed by atoms with van der Waals surface area (Å²) in [5.41, 5.74) is 0. The van der Waals surface area contributed by atoms with Gasteiger partial charge in [-0.1, -0.05) is 54.6 Å². The lowest BCUT2D eigenvalue weighted by atomic mass is 10.1. The molecule has 0 aromatic heterocycles. The molecule has 0 unspecified atom stereocenters. The summed E-state index contributed by atoms with van der Waals surface area (Å²) in [5, 5.41) is 1.94. The van der Waals surface area contributed by atoms with Crippen LogP contribution in [0.25, 0.3) is 10.8 Å². The van der Waals surface area contributed by atoms with Crippen LogP contribution in [0.2, 0.25) is 0 Å². The molecule has 0 radical (unpaired) electrons. The van der Waals surface area contributed by atoms with Crippen LogP contribution >= 0.6 is 0 Å². The van der Waals surface area contributed by atoms with E-state index in [-0.39, 0.29) is 6.61 Å². The zero-order valence-corrected chi connectivity index (χ0v) is 11.4. The third-order valence-electron chi connectivity index (χ3n) is 3.07. The van der Waals surface area contributed by atoms with Gasteiger partial charge in [0, 0.05) is 5.39 Å². The van der Waals surface area contributed by atoms with Gasteiger partial charge in [0.05, 0.1) is 0 Å². The van der Waals surface area contributed by atoms with Crippen molar-refractivity contribution in [1.82, 2.24) is 0 Å². The zero-order chi connectivity index (χ0) is 14.5. The quantitative estimate of drug-likeness (QED) is 0.537. The predicted molar refractivity (Wildman–Crippen MR) is 81.5 cm³/mol. The molecule has 3 rings (SSSR count). The number of carbonyl (C=O) groups excluding carboxylic acids is 1. The van der Waals surface area contributed by atoms with Crippen molar-refractivity contribution in [1.29, 1.82) is 0 Å². The summed E-state index contributed by atoms with van der Waals surface area (Å²) in [7, 11) is 0. The number of ether oxygens (including phenoxy) is 2. The second-order valence-corrected chi connectivity index (χ2v) is 4.55. The van der Waals surface area contributed by atoms with Crippen molar-refractivity contribution in [2.24, 2.45) is 0 Å². The standard InChI is InChI=1S/C18H14O3/c19-18(13-20-15-9-2-1-3-10-15)21-17-12-6-8-14-7-4-5-11-16(14)17/h1-12H,13H2. The summed E-state index contributed by atoms with van der Waals surface area (Å²) in [6.45, 7) is -0.118. The Balaban J connectivity index is 1.69. The Hall–Kier alpha value is -2.81. The van der Waals surface area contributed by atoms with Gasteiger partial charge in [-0.25, -0.2) is 4.79 Å². The van der Waals surface area contributed by atoms with Gasteiger partial charge in [0.1, 0.15) is 11.5 Å². The van der Waals surface area contributed by atoms with Gasteiger partial charge in [-0.15, -0.1) is 0 Å². The molecule has 0 N–H and O–H groups in total. The number of benzene rings is 3. The van der Waals surface area contributed by atoms with Gasteiger partial charge in [0.15, 0.2) is 6.61 Å². The number of esters is 1. The van der Waals surface area contributed by atoms with E-state index >= 15 is 0 Å². The number of para-hydroxylation sites is 1. The Morgan fingerprint density at radius 1 is 0.810 bits per heavy atom. The highest BCUT2D eigenvalue weighted by atomic mass is 16.6. The molecule has 21 heavy (non-hydrogen) atoms. The summed E-state index contributed by atoms with van der Waals surface area (Å²) in [6, 6.07) is 22.6. The van der Waals surface area contributed by atoms with Crippen LogP contribution in [0.4, 0.5) is 0 Å². The Morgan fingerprint density at radius 3 is 2.38 bits per heavy atom. The van der Waals surface area contributed by atoms with Gasteiger partial charge in [-0.05, 0) is 23.6 Å². The molecular weight excluding hydrogens is 264 g/mol. The van der Waals surface area contributed by atoms with Crippen LogP contribution in [0.1, 0.15) is 0 Å². The number of fused-ring (bicyclic) bond motifs is 1. The lowest BCUT2D eigenvalue weighted by molar-refractivity contribution is -0.136. The zero-order valence-electron chi connectivity index (χ0n) is 11.4. The average Bonchev–Trinajstić information content (AvgIpc) is 2.54. The fraction of sp³-hybridized carbons (Fsp3) is 0.0556. The van der Waals surface area contributed by atoms with E-state index in [0.29, 0.717) is 11.5 Å². The van der Waals surface area contributed by atoms with Crippen molar-refractivity contribution < 1.29 is 14.3 Å². The molecular formula is C18H14O3. The summed E-state index contributed by atoms with van der Waals surface area (Å²) in [4.78, 5) is 11.9. The maximum Gasteiger partial charge on any atom is 0.349 e. The highest BCUT2D eigenvalue weighted by Crippen LogP contribution is 2.25. The average molecular weight is 278 g/mol. The fourth-order valence-corrected chi connectivity index (χ4v) is 2.10. The van der Waals surface area contributed by atoms with Gasteiger partial charge in [0.2, 0.25) is 0 Å². The SMILES string of the molecule is O=C(COc1ccccc1)Oc1cccc2ccccc12. The van der Waals surface area contributed by atoms with Crippen molar-refractivity contribution in [3.8, 4) is 11.5 Å². The van der Waals surface area contributed by atoms with E-state index in [4.69, 9.17) is 9.47 Å². The minimum absolute atomic E-state index is 0.118. The summed E-state index contributed by atoms with van der Waals surface area (Å²) in [5.74, 6) is 0.775. The first-order valence-corrected chi connectivity index (χ1v) is 6.69. The van der Waals surface area contributed by atoms with E-state index in [1.807, 2.05) is 54.6 Å². The smallest absolute Gasteiger partial charge is 0.349 e. The number of rotatable bonds is 4. The minimum atomic E-state index is -0.421. The molecule has 3 heteroatoms. The van der Waals surface area contributed by atoms with Crippen LogP contribution < -0.4 is 9.47 Å². The topological polar surface area (TPSA) is 35.5 Å². The number of hydrogen-bond donors (Lipinski definition) is 0. The molecule has 0 aliphatic rings. The molecule has 0 amide bonds. The van der Waals surface area contributed by atoms with E-state index < -0.39 is 5.97 Å². The summed E-state index contributed by atoms with van der Waals surface area (Å²) in [6.07, 6.45) is 0. The van der Waals surface area contributed by atoms with Crippen LogP contribution in [0.5, 0.6) is 11.5 Å². The molecule has 0 aliphatic heterocycles. The first-order chi connectivity index (χ1) is 10.3. The van der Waals surface area contributed by atoms with E-state index in [9.17, 15) is 4.79 Å². The predicted octanol–water partition coefficient (Wildman–Crippen LogP) is 3.82. The maximum absolute atomic E-state index is 11.9. The molecule has 0 saturated heterocycles. The molecule has 3 aromatic rings. The highest BCUT2D eigenvalue weighted by molar-refractivity contribution is 5.90. The van der Waals surface area contributed by atoms with Gasteiger partial charge >= 0.3 is 5.97 Å². The number of carbonyl (C=O) groups is 1. The van der Waals surface area contributed by atoms with Crippen LogP contribution in [0, 0.1) is 0 Å². The Labute approximate surface area is 122 Å². The lowest BCUT2D eigenvalue weighted by Gasteiger charge is -2.08. The fourth-order valence-electron chi connectivity index (χ4n) is 2.10. The normalized spacial score (nSPS) is 10.3. The summed E-state index contributed by atoms with van der Waals surface area (Å²) >= 11 is 0. The van der Waals surface area contributed by atoms with Gasteiger partial charge in [-0.3, -0.25) is 0 Å². The van der Waals surface area contributed by atoms with Crippen LogP contribution in [0.15, 0.2) is 72.8 Å². The molecule has 3 aromatic carbocycles. The van der Waals surface area contributed by atoms with Crippen molar-refractivity contribution in [3.05, 3.63) is 72.8 Å². The lowest BCUT2D eigenvalue weighted by Crippen LogP contribution is -2.17. The van der Waals surface area contributed by atoms with Gasteiger partial charge < -0.3 is 9.47 Å². The molecule has 0 saturated carbocycles. The Morgan fingerprint density at radius 2 is 1.52 bits per heavy atom. The molecule has 0 bridgehead atoms. The Bertz CT molecular complexity index is 745. The monoisotopic (exact) mass is 278 g/mol. The molecule has 0 aliphatic carbocycles. The number of hydrogen-bond acceptors (Lipinski definition) is 3. The molecule has 0 atom stereocenters. The van der Waals surface area contributed by atoms with E-state index in [1.54, 1.807) is 18.2 Å². The van der Waals surface area contributed by atoms with Crippen molar-refractivity contribution in [2.75, 3.05) is 6.61 Å². The van der Waals surface area contributed by atoms with Crippen LogP contribution in [0.3, 0.4) is 0 Å². The molecule has 104 valence electrons. The third-order valence-corrected chi connectivity index (χ3v) is 3.07. The maximum atomic E-state index is 11.9. The van der Waals surface area contributed by atoms with Crippen molar-refractivity contribution >= 4 is 16.7 Å². The minimum Gasteiger partial charge on any atom is -0.482 e. The Kier molecular flexibility index (Phi) is 3.83. The molecule has 0 fully saturated rings. The highest BCUT2D eigenvalue weighted by Gasteiger charge is 2.08. The van der Waals surface area contributed by atoms with E-state index in [2.05, 4.69) is 0 Å². The van der Waals surface area contributed by atoms with Crippen molar-refractivity contribution in [3.63, 3.8) is 0 Å². The van der Waals surface area contributed by atoms with Gasteiger partial charge in [0.25, 0.3) is 0 Å². The first kappa shape index (κ1) is 13.2. The van der Waals surface area contributed by atoms with Gasteiger partial charge in [-0.2, -0.15) is 0 Å². The second-order valence-electron chi connectivity index (χ2n) is 4.55. The largest absolute Gasteiger partial charge is 0.482 e. The molecule has 0 heterocycles. The first-order valence-electron chi connectivity index (χ1n) is 6.69. The molecule has 0 spiro atoms.